The molecule has 4 rings (SSSR count). The first-order valence-electron chi connectivity index (χ1n) is 10.5. The summed E-state index contributed by atoms with van der Waals surface area (Å²) in [4.78, 5) is 6.74. The Morgan fingerprint density at radius 3 is 2.65 bits per heavy atom. The zero-order chi connectivity index (χ0) is 21.6. The fourth-order valence-corrected chi connectivity index (χ4v) is 4.40. The minimum absolute atomic E-state index is 0.158. The van der Waals surface area contributed by atoms with Crippen LogP contribution < -0.4 is 9.47 Å². The number of benzene rings is 2. The number of imidazole rings is 1. The SMILES string of the molecule is COc1cc2c(cc1OC)C(c1ccccc1)N(CCCn1ccnc1/C=N/O)CC2. The van der Waals surface area contributed by atoms with Crippen molar-refractivity contribution in [1.82, 2.24) is 14.5 Å². The molecule has 1 aliphatic heterocycles. The van der Waals surface area contributed by atoms with Gasteiger partial charge in [-0.1, -0.05) is 35.5 Å². The van der Waals surface area contributed by atoms with Gasteiger partial charge in [-0.2, -0.15) is 0 Å². The number of rotatable bonds is 8. The third kappa shape index (κ3) is 4.41. The third-order valence-electron chi connectivity index (χ3n) is 5.85. The van der Waals surface area contributed by atoms with E-state index in [-0.39, 0.29) is 6.04 Å². The summed E-state index contributed by atoms with van der Waals surface area (Å²) in [5.41, 5.74) is 3.84. The van der Waals surface area contributed by atoms with Gasteiger partial charge in [0.1, 0.15) is 6.21 Å². The van der Waals surface area contributed by atoms with Gasteiger partial charge in [-0.15, -0.1) is 0 Å². The van der Waals surface area contributed by atoms with Crippen LogP contribution in [0.25, 0.3) is 0 Å². The highest BCUT2D eigenvalue weighted by Gasteiger charge is 2.30. The second kappa shape index (κ2) is 9.66. The van der Waals surface area contributed by atoms with Crippen LogP contribution in [0.3, 0.4) is 0 Å². The highest BCUT2D eigenvalue weighted by molar-refractivity contribution is 5.74. The van der Waals surface area contributed by atoms with E-state index in [2.05, 4.69) is 57.5 Å². The average molecular weight is 421 g/mol. The molecular weight excluding hydrogens is 392 g/mol. The van der Waals surface area contributed by atoms with Crippen molar-refractivity contribution >= 4 is 6.21 Å². The zero-order valence-electron chi connectivity index (χ0n) is 17.9. The van der Waals surface area contributed by atoms with Crippen molar-refractivity contribution in [3.63, 3.8) is 0 Å². The maximum Gasteiger partial charge on any atom is 0.161 e. The van der Waals surface area contributed by atoms with Crippen LogP contribution in [0.4, 0.5) is 0 Å². The Kier molecular flexibility index (Phi) is 6.52. The van der Waals surface area contributed by atoms with E-state index in [1.54, 1.807) is 20.4 Å². The Labute approximate surface area is 182 Å². The number of ether oxygens (including phenoxy) is 2. The van der Waals surface area contributed by atoms with E-state index in [9.17, 15) is 0 Å². The smallest absolute Gasteiger partial charge is 0.161 e. The molecule has 0 bridgehead atoms. The predicted octanol–water partition coefficient (Wildman–Crippen LogP) is 3.75. The number of hydrogen-bond donors (Lipinski definition) is 1. The molecule has 0 saturated heterocycles. The minimum atomic E-state index is 0.158. The predicted molar refractivity (Wildman–Crippen MR) is 119 cm³/mol. The van der Waals surface area contributed by atoms with Gasteiger partial charge in [0.2, 0.25) is 0 Å². The Balaban J connectivity index is 1.60. The van der Waals surface area contributed by atoms with Crippen LogP contribution in [0.15, 0.2) is 60.0 Å². The Morgan fingerprint density at radius 2 is 1.90 bits per heavy atom. The Hall–Kier alpha value is -3.32. The van der Waals surface area contributed by atoms with Gasteiger partial charge in [0, 0.05) is 32.0 Å². The summed E-state index contributed by atoms with van der Waals surface area (Å²) < 4.78 is 13.1. The lowest BCUT2D eigenvalue weighted by atomic mass is 9.87. The lowest BCUT2D eigenvalue weighted by Crippen LogP contribution is -2.37. The van der Waals surface area contributed by atoms with Crippen LogP contribution in [0.2, 0.25) is 0 Å². The molecule has 0 amide bonds. The van der Waals surface area contributed by atoms with Crippen LogP contribution in [-0.2, 0) is 13.0 Å². The molecule has 162 valence electrons. The number of nitrogens with zero attached hydrogens (tertiary/aromatic N) is 4. The lowest BCUT2D eigenvalue weighted by Gasteiger charge is -2.38. The first kappa shape index (κ1) is 20.9. The third-order valence-corrected chi connectivity index (χ3v) is 5.85. The van der Waals surface area contributed by atoms with Crippen LogP contribution in [0.5, 0.6) is 11.5 Å². The molecule has 0 spiro atoms. The van der Waals surface area contributed by atoms with E-state index < -0.39 is 0 Å². The molecule has 1 atom stereocenters. The second-order valence-electron chi connectivity index (χ2n) is 7.58. The standard InChI is InChI=1S/C24H28N4O3/c1-30-21-15-19-9-13-28(12-6-11-27-14-10-25-23(27)17-26-29)24(18-7-4-3-5-8-18)20(19)16-22(21)31-2/h3-5,7-8,10,14-17,24,29H,6,9,11-13H2,1-2H3/b26-17+. The molecule has 0 fully saturated rings. The largest absolute Gasteiger partial charge is 0.493 e. The molecule has 1 aliphatic rings. The van der Waals surface area contributed by atoms with Crippen LogP contribution in [0, 0.1) is 0 Å². The van der Waals surface area contributed by atoms with Crippen molar-refractivity contribution in [2.45, 2.75) is 25.4 Å². The average Bonchev–Trinajstić information content (AvgIpc) is 3.25. The fraction of sp³-hybridized carbons (Fsp3) is 0.333. The molecule has 1 unspecified atom stereocenters. The Bertz CT molecular complexity index is 1030. The van der Waals surface area contributed by atoms with E-state index in [0.29, 0.717) is 5.82 Å². The van der Waals surface area contributed by atoms with Gasteiger partial charge in [0.05, 0.1) is 20.3 Å². The van der Waals surface area contributed by atoms with Crippen LogP contribution in [-0.4, -0.2) is 53.2 Å². The van der Waals surface area contributed by atoms with E-state index in [1.165, 1.54) is 22.9 Å². The van der Waals surface area contributed by atoms with Crippen molar-refractivity contribution in [1.29, 1.82) is 0 Å². The van der Waals surface area contributed by atoms with Crippen LogP contribution in [0.1, 0.15) is 35.0 Å². The molecule has 7 heteroatoms. The van der Waals surface area contributed by atoms with Gasteiger partial charge >= 0.3 is 0 Å². The highest BCUT2D eigenvalue weighted by Crippen LogP contribution is 2.40. The number of fused-ring (bicyclic) bond motifs is 1. The van der Waals surface area contributed by atoms with Crippen molar-refractivity contribution in [2.24, 2.45) is 5.16 Å². The highest BCUT2D eigenvalue weighted by atomic mass is 16.5. The summed E-state index contributed by atoms with van der Waals surface area (Å²) in [6.45, 7) is 2.70. The summed E-state index contributed by atoms with van der Waals surface area (Å²) in [5, 5.41) is 11.9. The molecule has 3 aromatic rings. The first-order valence-corrected chi connectivity index (χ1v) is 10.5. The topological polar surface area (TPSA) is 72.1 Å². The van der Waals surface area contributed by atoms with Gasteiger partial charge in [-0.25, -0.2) is 4.98 Å². The number of oxime groups is 1. The van der Waals surface area contributed by atoms with Gasteiger partial charge < -0.3 is 19.2 Å². The van der Waals surface area contributed by atoms with Crippen molar-refractivity contribution in [3.8, 4) is 11.5 Å². The number of aromatic nitrogens is 2. The van der Waals surface area contributed by atoms with Crippen molar-refractivity contribution < 1.29 is 14.7 Å². The maximum absolute atomic E-state index is 8.81. The normalized spacial score (nSPS) is 16.4. The van der Waals surface area contributed by atoms with Crippen molar-refractivity contribution in [2.75, 3.05) is 27.3 Å². The fourth-order valence-electron chi connectivity index (χ4n) is 4.40. The van der Waals surface area contributed by atoms with Gasteiger partial charge in [-0.3, -0.25) is 4.90 Å². The van der Waals surface area contributed by atoms with Crippen molar-refractivity contribution in [3.05, 3.63) is 77.4 Å². The quantitative estimate of drug-likeness (QED) is 0.341. The van der Waals surface area contributed by atoms with Gasteiger partial charge in [0.15, 0.2) is 17.3 Å². The molecule has 2 aromatic carbocycles. The lowest BCUT2D eigenvalue weighted by molar-refractivity contribution is 0.206. The van der Waals surface area contributed by atoms with Crippen LogP contribution >= 0.6 is 0 Å². The molecule has 31 heavy (non-hydrogen) atoms. The summed E-state index contributed by atoms with van der Waals surface area (Å²) in [6, 6.07) is 15.0. The van der Waals surface area contributed by atoms with Gasteiger partial charge in [-0.05, 0) is 41.7 Å². The van der Waals surface area contributed by atoms with E-state index in [4.69, 9.17) is 14.7 Å². The monoisotopic (exact) mass is 420 g/mol. The molecule has 0 saturated carbocycles. The molecule has 1 N–H and O–H groups in total. The molecule has 2 heterocycles. The minimum Gasteiger partial charge on any atom is -0.493 e. The number of aryl methyl sites for hydroxylation is 1. The van der Waals surface area contributed by atoms with E-state index in [0.717, 1.165) is 44.0 Å². The molecule has 0 radical (unpaired) electrons. The van der Waals surface area contributed by atoms with E-state index in [1.807, 2.05) is 10.8 Å². The molecule has 1 aromatic heterocycles. The summed E-state index contributed by atoms with van der Waals surface area (Å²) >= 11 is 0. The second-order valence-corrected chi connectivity index (χ2v) is 7.58. The summed E-state index contributed by atoms with van der Waals surface area (Å²) in [7, 11) is 3.36. The molecule has 7 nitrogen and oxygen atoms in total. The number of methoxy groups -OCH3 is 2. The Morgan fingerprint density at radius 1 is 1.13 bits per heavy atom. The van der Waals surface area contributed by atoms with Gasteiger partial charge in [0.25, 0.3) is 0 Å². The zero-order valence-corrected chi connectivity index (χ0v) is 17.9. The molecule has 0 aliphatic carbocycles. The maximum atomic E-state index is 8.81. The van der Waals surface area contributed by atoms with E-state index >= 15 is 0 Å². The first-order chi connectivity index (χ1) is 15.2. The summed E-state index contributed by atoms with van der Waals surface area (Å²) in [5.74, 6) is 2.19. The molecular formula is C24H28N4O3. The summed E-state index contributed by atoms with van der Waals surface area (Å²) in [6.07, 6.45) is 6.92. The number of hydrogen-bond acceptors (Lipinski definition) is 6.